The van der Waals surface area contributed by atoms with E-state index >= 15 is 0 Å². The summed E-state index contributed by atoms with van der Waals surface area (Å²) in [6.45, 7) is 2.23. The fraction of sp³-hybridized carbons (Fsp3) is 0.455. The highest BCUT2D eigenvalue weighted by atomic mass is 79.9. The Bertz CT molecular complexity index is 299. The summed E-state index contributed by atoms with van der Waals surface area (Å²) in [6.07, 6.45) is 0.855. The number of aliphatic hydroxyl groups is 1. The third kappa shape index (κ3) is 3.00. The largest absolute Gasteiger partial charge is 0.497 e. The van der Waals surface area contributed by atoms with Crippen LogP contribution in [-0.4, -0.2) is 18.8 Å². The van der Waals surface area contributed by atoms with Crippen molar-refractivity contribution in [3.05, 3.63) is 28.2 Å². The van der Waals surface area contributed by atoms with Crippen LogP contribution in [0.4, 0.5) is 0 Å². The van der Waals surface area contributed by atoms with Gasteiger partial charge in [0.25, 0.3) is 0 Å². The van der Waals surface area contributed by atoms with Gasteiger partial charge in [-0.15, -0.1) is 0 Å². The zero-order valence-electron chi connectivity index (χ0n) is 8.46. The molecule has 78 valence electrons. The quantitative estimate of drug-likeness (QED) is 0.900. The van der Waals surface area contributed by atoms with Gasteiger partial charge in [-0.25, -0.2) is 0 Å². The fourth-order valence-electron chi connectivity index (χ4n) is 1.27. The summed E-state index contributed by atoms with van der Waals surface area (Å²) in [6, 6.07) is 5.88. The van der Waals surface area contributed by atoms with Gasteiger partial charge in [-0.3, -0.25) is 0 Å². The molecule has 14 heavy (non-hydrogen) atoms. The van der Waals surface area contributed by atoms with Crippen LogP contribution in [-0.2, 0) is 6.42 Å². The molecular weight excluding hydrogens is 244 g/mol. The molecular formula is C11H15BrO2. The molecule has 0 fully saturated rings. The minimum atomic E-state index is 0.212. The number of hydrogen-bond acceptors (Lipinski definition) is 2. The highest BCUT2D eigenvalue weighted by Crippen LogP contribution is 2.24. The van der Waals surface area contributed by atoms with Gasteiger partial charge >= 0.3 is 0 Å². The molecule has 0 heterocycles. The lowest BCUT2D eigenvalue weighted by atomic mass is 10.0. The van der Waals surface area contributed by atoms with Gasteiger partial charge < -0.3 is 9.84 Å². The molecule has 0 aliphatic rings. The number of rotatable bonds is 4. The smallest absolute Gasteiger partial charge is 0.119 e. The van der Waals surface area contributed by atoms with Crippen molar-refractivity contribution in [3.63, 3.8) is 0 Å². The van der Waals surface area contributed by atoms with E-state index in [1.165, 1.54) is 5.56 Å². The minimum absolute atomic E-state index is 0.212. The van der Waals surface area contributed by atoms with Crippen LogP contribution in [0.3, 0.4) is 0 Å². The molecule has 0 amide bonds. The highest BCUT2D eigenvalue weighted by Gasteiger charge is 2.06. The maximum Gasteiger partial charge on any atom is 0.119 e. The van der Waals surface area contributed by atoms with E-state index in [1.54, 1.807) is 7.11 Å². The van der Waals surface area contributed by atoms with Gasteiger partial charge in [-0.2, -0.15) is 0 Å². The Labute approximate surface area is 93.0 Å². The van der Waals surface area contributed by atoms with Crippen molar-refractivity contribution in [2.24, 2.45) is 5.92 Å². The molecule has 1 atom stereocenters. The van der Waals surface area contributed by atoms with Crippen LogP contribution in [0.15, 0.2) is 22.7 Å². The van der Waals surface area contributed by atoms with E-state index in [0.29, 0.717) is 0 Å². The summed E-state index contributed by atoms with van der Waals surface area (Å²) in [5.74, 6) is 1.13. The van der Waals surface area contributed by atoms with E-state index in [-0.39, 0.29) is 12.5 Å². The summed E-state index contributed by atoms with van der Waals surface area (Å²) >= 11 is 3.48. The number of halogens is 1. The molecule has 0 aliphatic heterocycles. The van der Waals surface area contributed by atoms with Crippen LogP contribution in [0.2, 0.25) is 0 Å². The van der Waals surface area contributed by atoms with Gasteiger partial charge in [0.1, 0.15) is 5.75 Å². The van der Waals surface area contributed by atoms with Crippen LogP contribution in [0.5, 0.6) is 5.75 Å². The zero-order chi connectivity index (χ0) is 10.6. The molecule has 0 aliphatic carbocycles. The molecule has 1 N–H and O–H groups in total. The summed E-state index contributed by atoms with van der Waals surface area (Å²) in [4.78, 5) is 0. The Morgan fingerprint density at radius 2 is 2.21 bits per heavy atom. The highest BCUT2D eigenvalue weighted by molar-refractivity contribution is 9.10. The van der Waals surface area contributed by atoms with Crippen molar-refractivity contribution in [1.29, 1.82) is 0 Å². The Balaban J connectivity index is 2.83. The predicted octanol–water partition coefficient (Wildman–Crippen LogP) is 2.63. The molecule has 0 saturated heterocycles. The van der Waals surface area contributed by atoms with Crippen LogP contribution in [0, 0.1) is 5.92 Å². The minimum Gasteiger partial charge on any atom is -0.497 e. The van der Waals surface area contributed by atoms with Gasteiger partial charge in [0.2, 0.25) is 0 Å². The molecule has 1 aromatic rings. The Morgan fingerprint density at radius 1 is 1.50 bits per heavy atom. The number of ether oxygens (including phenoxy) is 1. The van der Waals surface area contributed by atoms with Crippen molar-refractivity contribution < 1.29 is 9.84 Å². The molecule has 1 rings (SSSR count). The van der Waals surface area contributed by atoms with Crippen molar-refractivity contribution in [2.45, 2.75) is 13.3 Å². The van der Waals surface area contributed by atoms with Crippen molar-refractivity contribution in [2.75, 3.05) is 13.7 Å². The van der Waals surface area contributed by atoms with E-state index in [1.807, 2.05) is 25.1 Å². The first-order valence-corrected chi connectivity index (χ1v) is 5.40. The van der Waals surface area contributed by atoms with Gasteiger partial charge in [0.05, 0.1) is 7.11 Å². The molecule has 1 aromatic carbocycles. The molecule has 0 bridgehead atoms. The van der Waals surface area contributed by atoms with E-state index in [2.05, 4.69) is 15.9 Å². The van der Waals surface area contributed by atoms with Crippen molar-refractivity contribution in [3.8, 4) is 5.75 Å². The van der Waals surface area contributed by atoms with Crippen LogP contribution in [0.25, 0.3) is 0 Å². The van der Waals surface area contributed by atoms with E-state index in [4.69, 9.17) is 9.84 Å². The Hall–Kier alpha value is -0.540. The monoisotopic (exact) mass is 258 g/mol. The lowest BCUT2D eigenvalue weighted by molar-refractivity contribution is 0.237. The average molecular weight is 259 g/mol. The lowest BCUT2D eigenvalue weighted by Crippen LogP contribution is -2.05. The van der Waals surface area contributed by atoms with Gasteiger partial charge in [0.15, 0.2) is 0 Å². The first-order chi connectivity index (χ1) is 6.67. The summed E-state index contributed by atoms with van der Waals surface area (Å²) < 4.78 is 6.21. The molecule has 0 aromatic heterocycles. The summed E-state index contributed by atoms with van der Waals surface area (Å²) in [7, 11) is 1.66. The first kappa shape index (κ1) is 11.5. The SMILES string of the molecule is COc1ccc(Br)c(CC(C)CO)c1. The molecule has 0 radical (unpaired) electrons. The fourth-order valence-corrected chi connectivity index (χ4v) is 1.68. The molecule has 1 unspecified atom stereocenters. The van der Waals surface area contributed by atoms with Gasteiger partial charge in [-0.05, 0) is 36.1 Å². The third-order valence-corrected chi connectivity index (χ3v) is 2.91. The van der Waals surface area contributed by atoms with Crippen molar-refractivity contribution in [1.82, 2.24) is 0 Å². The van der Waals surface area contributed by atoms with Crippen LogP contribution >= 0.6 is 15.9 Å². The lowest BCUT2D eigenvalue weighted by Gasteiger charge is -2.10. The molecule has 3 heteroatoms. The molecule has 0 saturated carbocycles. The summed E-state index contributed by atoms with van der Waals surface area (Å²) in [5, 5.41) is 8.97. The zero-order valence-corrected chi connectivity index (χ0v) is 10.0. The second-order valence-corrected chi connectivity index (χ2v) is 4.30. The Kier molecular flexibility index (Phi) is 4.42. The number of benzene rings is 1. The molecule has 2 nitrogen and oxygen atoms in total. The predicted molar refractivity (Wildman–Crippen MR) is 60.6 cm³/mol. The topological polar surface area (TPSA) is 29.5 Å². The van der Waals surface area contributed by atoms with Crippen molar-refractivity contribution >= 4 is 15.9 Å². The van der Waals surface area contributed by atoms with Crippen LogP contribution in [0.1, 0.15) is 12.5 Å². The number of hydrogen-bond donors (Lipinski definition) is 1. The van der Waals surface area contributed by atoms with E-state index < -0.39 is 0 Å². The van der Waals surface area contributed by atoms with E-state index in [0.717, 1.165) is 16.6 Å². The average Bonchev–Trinajstić information content (AvgIpc) is 2.21. The third-order valence-electron chi connectivity index (χ3n) is 2.13. The first-order valence-electron chi connectivity index (χ1n) is 4.60. The van der Waals surface area contributed by atoms with Crippen LogP contribution < -0.4 is 4.74 Å². The normalized spacial score (nSPS) is 12.6. The second kappa shape index (κ2) is 5.37. The molecule has 0 spiro atoms. The number of aliphatic hydroxyl groups excluding tert-OH is 1. The maximum absolute atomic E-state index is 8.97. The number of methoxy groups -OCH3 is 1. The second-order valence-electron chi connectivity index (χ2n) is 3.45. The maximum atomic E-state index is 8.97. The van der Waals surface area contributed by atoms with E-state index in [9.17, 15) is 0 Å². The summed E-state index contributed by atoms with van der Waals surface area (Å²) in [5.41, 5.74) is 1.17. The van der Waals surface area contributed by atoms with Gasteiger partial charge in [-0.1, -0.05) is 22.9 Å². The van der Waals surface area contributed by atoms with Gasteiger partial charge in [0, 0.05) is 11.1 Å². The standard InChI is InChI=1S/C11H15BrO2/c1-8(7-13)5-9-6-10(14-2)3-4-11(9)12/h3-4,6,8,13H,5,7H2,1-2H3. The Morgan fingerprint density at radius 3 is 2.79 bits per heavy atom.